The molecule has 174 valence electrons. The van der Waals surface area contributed by atoms with Crippen molar-refractivity contribution in [2.75, 3.05) is 12.4 Å². The molecule has 1 aliphatic carbocycles. The zero-order chi connectivity index (χ0) is 23.4. The van der Waals surface area contributed by atoms with E-state index in [9.17, 15) is 18.0 Å². The highest BCUT2D eigenvalue weighted by atomic mass is 19.4. The average Bonchev–Trinajstić information content (AvgIpc) is 3.25. The molecule has 2 aromatic carbocycles. The van der Waals surface area contributed by atoms with Crippen LogP contribution in [0.3, 0.4) is 0 Å². The molecule has 0 aliphatic heterocycles. The monoisotopic (exact) mass is 456 g/mol. The van der Waals surface area contributed by atoms with E-state index in [1.165, 1.54) is 12.6 Å². The number of benzene rings is 2. The number of halogens is 3. The minimum atomic E-state index is -4.59. The van der Waals surface area contributed by atoms with Gasteiger partial charge in [0.05, 0.1) is 17.6 Å². The smallest absolute Gasteiger partial charge is 0.352 e. The van der Waals surface area contributed by atoms with Crippen LogP contribution in [-0.4, -0.2) is 27.6 Å². The largest absolute Gasteiger partial charge is 0.435 e. The molecule has 0 bridgehead atoms. The molecule has 1 fully saturated rings. The average molecular weight is 457 g/mol. The molecule has 4 rings (SSSR count). The molecule has 33 heavy (non-hydrogen) atoms. The lowest BCUT2D eigenvalue weighted by molar-refractivity contribution is -0.142. The number of nitrogens with one attached hydrogen (secondary N) is 1. The highest BCUT2D eigenvalue weighted by Gasteiger charge is 2.39. The number of anilines is 2. The van der Waals surface area contributed by atoms with Gasteiger partial charge < -0.3 is 10.2 Å². The molecule has 0 saturated heterocycles. The number of carbonyl (C=O) groups is 1. The number of nitrogens with zero attached hydrogens (tertiary/aromatic N) is 3. The Kier molecular flexibility index (Phi) is 6.72. The Hall–Kier alpha value is -3.29. The van der Waals surface area contributed by atoms with Crippen LogP contribution in [0.1, 0.15) is 43.4 Å². The van der Waals surface area contributed by atoms with E-state index in [4.69, 9.17) is 0 Å². The van der Waals surface area contributed by atoms with Crippen molar-refractivity contribution in [3.05, 3.63) is 72.1 Å². The van der Waals surface area contributed by atoms with Crippen molar-refractivity contribution < 1.29 is 18.0 Å². The molecule has 1 saturated carbocycles. The number of rotatable bonds is 6. The van der Waals surface area contributed by atoms with Gasteiger partial charge in [0.1, 0.15) is 0 Å². The predicted molar refractivity (Wildman–Crippen MR) is 121 cm³/mol. The van der Waals surface area contributed by atoms with Gasteiger partial charge >= 0.3 is 6.18 Å². The van der Waals surface area contributed by atoms with E-state index in [2.05, 4.69) is 10.4 Å². The SMILES string of the molecule is CN(Cc1ccc(Nc2cnn(-c3ccccc3)c2C(F)(F)F)cc1)C(=O)C1CCCCC1. The predicted octanol–water partition coefficient (Wildman–Crippen LogP) is 6.17. The lowest BCUT2D eigenvalue weighted by Gasteiger charge is -2.26. The molecule has 1 N–H and O–H groups in total. The van der Waals surface area contributed by atoms with Crippen LogP contribution in [0.4, 0.5) is 24.5 Å². The van der Waals surface area contributed by atoms with E-state index in [1.54, 1.807) is 54.4 Å². The van der Waals surface area contributed by atoms with Crippen LogP contribution >= 0.6 is 0 Å². The summed E-state index contributed by atoms with van der Waals surface area (Å²) in [6.07, 6.45) is 1.89. The maximum atomic E-state index is 13.8. The number of alkyl halides is 3. The second-order valence-corrected chi connectivity index (χ2v) is 8.50. The van der Waals surface area contributed by atoms with Crippen molar-refractivity contribution in [1.82, 2.24) is 14.7 Å². The van der Waals surface area contributed by atoms with E-state index in [-0.39, 0.29) is 17.5 Å². The van der Waals surface area contributed by atoms with Crippen LogP contribution in [0, 0.1) is 5.92 Å². The quantitative estimate of drug-likeness (QED) is 0.482. The van der Waals surface area contributed by atoms with Crippen molar-refractivity contribution in [1.29, 1.82) is 0 Å². The second kappa shape index (κ2) is 9.68. The van der Waals surface area contributed by atoms with E-state index in [1.807, 2.05) is 12.1 Å². The number of para-hydroxylation sites is 1. The van der Waals surface area contributed by atoms with Crippen molar-refractivity contribution >= 4 is 17.3 Å². The molecule has 5 nitrogen and oxygen atoms in total. The number of carbonyl (C=O) groups excluding carboxylic acids is 1. The van der Waals surface area contributed by atoms with Gasteiger partial charge in [-0.25, -0.2) is 4.68 Å². The Bertz CT molecular complexity index is 1070. The molecular weight excluding hydrogens is 429 g/mol. The molecule has 1 aliphatic rings. The van der Waals surface area contributed by atoms with Crippen molar-refractivity contribution in [3.63, 3.8) is 0 Å². The maximum absolute atomic E-state index is 13.8. The highest BCUT2D eigenvalue weighted by Crippen LogP contribution is 2.37. The summed E-state index contributed by atoms with van der Waals surface area (Å²) in [4.78, 5) is 14.4. The number of hydrogen-bond acceptors (Lipinski definition) is 3. The first kappa shape index (κ1) is 22.9. The number of hydrogen-bond donors (Lipinski definition) is 1. The molecular formula is C25H27F3N4O. The summed E-state index contributed by atoms with van der Waals surface area (Å²) in [5, 5.41) is 6.80. The van der Waals surface area contributed by atoms with E-state index < -0.39 is 11.9 Å². The Morgan fingerprint density at radius 3 is 2.36 bits per heavy atom. The van der Waals surface area contributed by atoms with Crippen LogP contribution in [0.5, 0.6) is 0 Å². The van der Waals surface area contributed by atoms with Gasteiger partial charge in [0, 0.05) is 25.2 Å². The summed E-state index contributed by atoms with van der Waals surface area (Å²) in [5.74, 6) is 0.270. The normalized spacial score (nSPS) is 14.8. The molecule has 1 heterocycles. The third kappa shape index (κ3) is 5.38. The van der Waals surface area contributed by atoms with Gasteiger partial charge in [-0.1, -0.05) is 49.6 Å². The standard InChI is InChI=1S/C25H27F3N4O/c1-31(24(33)19-8-4-2-5-9-19)17-18-12-14-20(15-13-18)30-22-16-29-32(23(22)25(26,27)28)21-10-6-3-7-11-21/h3,6-7,10-16,19,30H,2,4-5,8-9,17H2,1H3. The molecule has 0 radical (unpaired) electrons. The summed E-state index contributed by atoms with van der Waals surface area (Å²) in [7, 11) is 1.80. The molecule has 0 unspecified atom stereocenters. The third-order valence-electron chi connectivity index (χ3n) is 6.02. The van der Waals surface area contributed by atoms with E-state index in [0.717, 1.165) is 35.9 Å². The first-order chi connectivity index (χ1) is 15.8. The summed E-state index contributed by atoms with van der Waals surface area (Å²) >= 11 is 0. The van der Waals surface area contributed by atoms with Gasteiger partial charge in [-0.05, 0) is 42.7 Å². The molecule has 0 spiro atoms. The lowest BCUT2D eigenvalue weighted by atomic mass is 9.88. The Morgan fingerprint density at radius 1 is 1.06 bits per heavy atom. The van der Waals surface area contributed by atoms with Crippen LogP contribution < -0.4 is 5.32 Å². The fraction of sp³-hybridized carbons (Fsp3) is 0.360. The second-order valence-electron chi connectivity index (χ2n) is 8.50. The van der Waals surface area contributed by atoms with Gasteiger partial charge in [-0.3, -0.25) is 4.79 Å². The first-order valence-electron chi connectivity index (χ1n) is 11.1. The minimum absolute atomic E-state index is 0.103. The zero-order valence-corrected chi connectivity index (χ0v) is 18.5. The fourth-order valence-electron chi connectivity index (χ4n) is 4.34. The van der Waals surface area contributed by atoms with Crippen LogP contribution in [0.15, 0.2) is 60.8 Å². The van der Waals surface area contributed by atoms with E-state index in [0.29, 0.717) is 17.9 Å². The minimum Gasteiger partial charge on any atom is -0.352 e. The lowest BCUT2D eigenvalue weighted by Crippen LogP contribution is -2.33. The summed E-state index contributed by atoms with van der Waals surface area (Å²) in [5.41, 5.74) is 0.777. The fourth-order valence-corrected chi connectivity index (χ4v) is 4.34. The Labute approximate surface area is 191 Å². The molecule has 0 atom stereocenters. The van der Waals surface area contributed by atoms with Crippen molar-refractivity contribution in [2.45, 2.75) is 44.8 Å². The number of aromatic nitrogens is 2. The van der Waals surface area contributed by atoms with Gasteiger partial charge in [0.25, 0.3) is 0 Å². The third-order valence-corrected chi connectivity index (χ3v) is 6.02. The number of amides is 1. The van der Waals surface area contributed by atoms with Crippen molar-refractivity contribution in [2.24, 2.45) is 5.92 Å². The Balaban J connectivity index is 1.47. The highest BCUT2D eigenvalue weighted by molar-refractivity contribution is 5.78. The van der Waals surface area contributed by atoms with Gasteiger partial charge in [-0.15, -0.1) is 0 Å². The van der Waals surface area contributed by atoms with Crippen molar-refractivity contribution in [3.8, 4) is 5.69 Å². The summed E-state index contributed by atoms with van der Waals surface area (Å²) in [6.45, 7) is 0.468. The topological polar surface area (TPSA) is 50.2 Å². The first-order valence-corrected chi connectivity index (χ1v) is 11.1. The van der Waals surface area contributed by atoms with Crippen LogP contribution in [0.2, 0.25) is 0 Å². The zero-order valence-electron chi connectivity index (χ0n) is 18.5. The van der Waals surface area contributed by atoms with E-state index >= 15 is 0 Å². The molecule has 8 heteroatoms. The summed E-state index contributed by atoms with van der Waals surface area (Å²) < 4.78 is 42.4. The Morgan fingerprint density at radius 2 is 1.73 bits per heavy atom. The maximum Gasteiger partial charge on any atom is 0.435 e. The molecule has 3 aromatic rings. The van der Waals surface area contributed by atoms with Crippen LogP contribution in [0.25, 0.3) is 5.69 Å². The van der Waals surface area contributed by atoms with Gasteiger partial charge in [0.15, 0.2) is 5.69 Å². The van der Waals surface area contributed by atoms with Gasteiger partial charge in [-0.2, -0.15) is 18.3 Å². The van der Waals surface area contributed by atoms with Crippen LogP contribution in [-0.2, 0) is 17.5 Å². The molecule has 1 aromatic heterocycles. The van der Waals surface area contributed by atoms with Gasteiger partial charge in [0.2, 0.25) is 5.91 Å². The summed E-state index contributed by atoms with van der Waals surface area (Å²) in [6, 6.07) is 15.3. The molecule has 1 amide bonds.